The Balaban J connectivity index is 1.07. The number of ether oxygens (including phenoxy) is 1. The number of carbonyl (C=O) groups is 2. The number of aromatic nitrogens is 1. The second-order valence-corrected chi connectivity index (χ2v) is 15.6. The lowest BCUT2D eigenvalue weighted by Gasteiger charge is -2.57. The van der Waals surface area contributed by atoms with Crippen LogP contribution in [0, 0.1) is 11.2 Å². The van der Waals surface area contributed by atoms with Crippen LogP contribution in [-0.4, -0.2) is 50.9 Å². The molecule has 0 radical (unpaired) electrons. The van der Waals surface area contributed by atoms with E-state index >= 15 is 0 Å². The summed E-state index contributed by atoms with van der Waals surface area (Å²) >= 11 is 0. The van der Waals surface area contributed by atoms with Crippen molar-refractivity contribution in [3.8, 4) is 0 Å². The predicted molar refractivity (Wildman–Crippen MR) is 181 cm³/mol. The molecule has 1 aromatic heterocycles. The number of allylic oxidation sites excluding steroid dienone is 1. The van der Waals surface area contributed by atoms with E-state index in [0.717, 1.165) is 47.9 Å². The van der Waals surface area contributed by atoms with Crippen LogP contribution in [-0.2, 0) is 11.3 Å². The summed E-state index contributed by atoms with van der Waals surface area (Å²) in [6.07, 6.45) is 6.22. The number of nitrogens with zero attached hydrogens (tertiary/aromatic N) is 2. The number of nitrogens with one attached hydrogen (secondary N) is 1. The summed E-state index contributed by atoms with van der Waals surface area (Å²) in [5.74, 6) is -0.374. The van der Waals surface area contributed by atoms with Gasteiger partial charge in [0.15, 0.2) is 0 Å². The minimum atomic E-state index is -0.852. The maximum atomic E-state index is 13.9. The van der Waals surface area contributed by atoms with Gasteiger partial charge in [-0.1, -0.05) is 42.0 Å². The van der Waals surface area contributed by atoms with Crippen molar-refractivity contribution < 1.29 is 23.8 Å². The van der Waals surface area contributed by atoms with E-state index in [-0.39, 0.29) is 47.3 Å². The molecule has 48 heavy (non-hydrogen) atoms. The van der Waals surface area contributed by atoms with Gasteiger partial charge in [0.1, 0.15) is 11.4 Å². The summed E-state index contributed by atoms with van der Waals surface area (Å²) in [4.78, 5) is 40.8. The van der Waals surface area contributed by atoms with E-state index < -0.39 is 11.2 Å². The average Bonchev–Trinajstić information content (AvgIpc) is 3.92. The van der Waals surface area contributed by atoms with E-state index in [0.29, 0.717) is 37.1 Å². The van der Waals surface area contributed by atoms with E-state index in [4.69, 9.17) is 4.74 Å². The number of pyridine rings is 1. The molecule has 0 bridgehead atoms. The highest BCUT2D eigenvalue weighted by Crippen LogP contribution is 2.55. The standard InChI is InChI=1S/C39H44FN3O5/c1-24(41-34(44)29-17-32(26-7-8-26)35(45)42(20-29)23-39(47)15-16-39)25-5-9-27(10-6-25)33(28-11-13-31(40)14-12-28)30-18-38(19-30)21-43(22-38)36(46)48-37(2,3)4/h5-6,9-14,17,20,24,26,47H,7-8,15-16,18-19,21-23H2,1-4H3,(H,41,44)/t24-/m1/s1. The highest BCUT2D eigenvalue weighted by Gasteiger charge is 2.53. The van der Waals surface area contributed by atoms with Crippen molar-refractivity contribution in [2.75, 3.05) is 13.1 Å². The van der Waals surface area contributed by atoms with Gasteiger partial charge in [0.2, 0.25) is 0 Å². The molecule has 1 aliphatic heterocycles. The van der Waals surface area contributed by atoms with Gasteiger partial charge in [0, 0.05) is 30.3 Å². The molecule has 2 N–H and O–H groups in total. The van der Waals surface area contributed by atoms with Gasteiger partial charge >= 0.3 is 6.09 Å². The Labute approximate surface area is 280 Å². The molecule has 7 rings (SSSR count). The maximum Gasteiger partial charge on any atom is 0.410 e. The summed E-state index contributed by atoms with van der Waals surface area (Å²) in [6, 6.07) is 16.1. The minimum absolute atomic E-state index is 0.0501. The van der Waals surface area contributed by atoms with Crippen molar-refractivity contribution in [1.29, 1.82) is 0 Å². The SMILES string of the molecule is C[C@@H](NC(=O)c1cc(C2CC2)c(=O)n(CC2(O)CC2)c1)c1ccc(C(=C2CC3(C2)CN(C(=O)OC(C)(C)C)C3)c2ccc(F)cc2)cc1. The zero-order valence-electron chi connectivity index (χ0n) is 28.1. The lowest BCUT2D eigenvalue weighted by Crippen LogP contribution is -2.62. The minimum Gasteiger partial charge on any atom is -0.444 e. The summed E-state index contributed by atoms with van der Waals surface area (Å²) < 4.78 is 21.0. The van der Waals surface area contributed by atoms with Crippen LogP contribution in [0.1, 0.15) is 111 Å². The summed E-state index contributed by atoms with van der Waals surface area (Å²) in [5.41, 5.74) is 4.86. The Kier molecular flexibility index (Phi) is 7.89. The smallest absolute Gasteiger partial charge is 0.410 e. The Morgan fingerprint density at radius 2 is 1.60 bits per heavy atom. The van der Waals surface area contributed by atoms with Crippen LogP contribution in [0.25, 0.3) is 5.57 Å². The summed E-state index contributed by atoms with van der Waals surface area (Å²) in [7, 11) is 0. The van der Waals surface area contributed by atoms with Gasteiger partial charge in [0.25, 0.3) is 11.5 Å². The Morgan fingerprint density at radius 3 is 2.17 bits per heavy atom. The van der Waals surface area contributed by atoms with Gasteiger partial charge in [-0.25, -0.2) is 9.18 Å². The Morgan fingerprint density at radius 1 is 1.00 bits per heavy atom. The largest absolute Gasteiger partial charge is 0.444 e. The monoisotopic (exact) mass is 653 g/mol. The van der Waals surface area contributed by atoms with Crippen molar-refractivity contribution >= 4 is 17.6 Å². The van der Waals surface area contributed by atoms with Crippen LogP contribution in [0.15, 0.2) is 71.2 Å². The molecule has 1 spiro atoms. The molecule has 0 unspecified atom stereocenters. The fourth-order valence-electron chi connectivity index (χ4n) is 7.17. The molecular weight excluding hydrogens is 609 g/mol. The van der Waals surface area contributed by atoms with Gasteiger partial charge in [-0.3, -0.25) is 9.59 Å². The lowest BCUT2D eigenvalue weighted by atomic mass is 9.59. The molecule has 252 valence electrons. The van der Waals surface area contributed by atoms with Crippen molar-refractivity contribution in [2.45, 2.75) is 95.9 Å². The van der Waals surface area contributed by atoms with Gasteiger partial charge in [-0.05, 0) is 113 Å². The third-order valence-electron chi connectivity index (χ3n) is 10.1. The first-order valence-corrected chi connectivity index (χ1v) is 17.0. The number of hydrogen-bond acceptors (Lipinski definition) is 5. The topological polar surface area (TPSA) is 101 Å². The number of aliphatic hydroxyl groups is 1. The fourth-order valence-corrected chi connectivity index (χ4v) is 7.17. The van der Waals surface area contributed by atoms with E-state index in [9.17, 15) is 23.9 Å². The van der Waals surface area contributed by atoms with Crippen LogP contribution in [0.2, 0.25) is 0 Å². The molecule has 4 fully saturated rings. The highest BCUT2D eigenvalue weighted by molar-refractivity contribution is 5.94. The molecule has 1 atom stereocenters. The third kappa shape index (κ3) is 6.70. The van der Waals surface area contributed by atoms with E-state index in [2.05, 4.69) is 5.32 Å². The van der Waals surface area contributed by atoms with Crippen molar-refractivity contribution in [2.24, 2.45) is 5.41 Å². The first kappa shape index (κ1) is 32.3. The van der Waals surface area contributed by atoms with Crippen molar-refractivity contribution in [3.05, 3.63) is 110 Å². The van der Waals surface area contributed by atoms with E-state index in [1.165, 1.54) is 22.3 Å². The van der Waals surface area contributed by atoms with E-state index in [1.54, 1.807) is 17.2 Å². The average molecular weight is 654 g/mol. The summed E-state index contributed by atoms with van der Waals surface area (Å²) in [6.45, 7) is 9.08. The molecule has 2 heterocycles. The second-order valence-electron chi connectivity index (χ2n) is 15.6. The lowest BCUT2D eigenvalue weighted by molar-refractivity contribution is -0.0500. The number of hydrogen-bond donors (Lipinski definition) is 2. The molecule has 9 heteroatoms. The fraction of sp³-hybridized carbons (Fsp3) is 0.462. The molecule has 3 aromatic rings. The second kappa shape index (κ2) is 11.7. The Bertz CT molecular complexity index is 1830. The number of likely N-dealkylation sites (tertiary alicyclic amines) is 1. The van der Waals surface area contributed by atoms with Crippen LogP contribution < -0.4 is 10.9 Å². The number of carbonyl (C=O) groups excluding carboxylic acids is 2. The molecule has 8 nitrogen and oxygen atoms in total. The van der Waals surface area contributed by atoms with Crippen molar-refractivity contribution in [3.63, 3.8) is 0 Å². The van der Waals surface area contributed by atoms with Crippen LogP contribution in [0.3, 0.4) is 0 Å². The van der Waals surface area contributed by atoms with Crippen LogP contribution in [0.4, 0.5) is 9.18 Å². The number of rotatable bonds is 8. The molecular formula is C39H44FN3O5. The van der Waals surface area contributed by atoms with Gasteiger partial charge in [-0.2, -0.15) is 0 Å². The predicted octanol–water partition coefficient (Wildman–Crippen LogP) is 6.71. The van der Waals surface area contributed by atoms with Gasteiger partial charge in [0.05, 0.1) is 23.8 Å². The number of amides is 2. The molecule has 3 aliphatic carbocycles. The van der Waals surface area contributed by atoms with Crippen molar-refractivity contribution in [1.82, 2.24) is 14.8 Å². The zero-order valence-corrected chi connectivity index (χ0v) is 28.1. The molecule has 2 amide bonds. The van der Waals surface area contributed by atoms with Crippen LogP contribution >= 0.6 is 0 Å². The first-order valence-electron chi connectivity index (χ1n) is 17.0. The molecule has 1 saturated heterocycles. The molecule has 4 aliphatic rings. The Hall–Kier alpha value is -4.24. The van der Waals surface area contributed by atoms with Crippen LogP contribution in [0.5, 0.6) is 0 Å². The molecule has 3 saturated carbocycles. The normalized spacial score (nSPS) is 19.6. The zero-order chi connectivity index (χ0) is 34.0. The number of halogens is 1. The first-order chi connectivity index (χ1) is 22.7. The number of benzene rings is 2. The molecule has 2 aromatic carbocycles. The maximum absolute atomic E-state index is 13.9. The summed E-state index contributed by atoms with van der Waals surface area (Å²) in [5, 5.41) is 13.6. The highest BCUT2D eigenvalue weighted by atomic mass is 19.1. The quantitative estimate of drug-likeness (QED) is 0.282. The third-order valence-corrected chi connectivity index (χ3v) is 10.1. The van der Waals surface area contributed by atoms with Gasteiger partial charge in [-0.15, -0.1) is 0 Å². The van der Waals surface area contributed by atoms with Gasteiger partial charge < -0.3 is 24.6 Å². The van der Waals surface area contributed by atoms with E-state index in [1.807, 2.05) is 64.1 Å².